The third kappa shape index (κ3) is 3.12. The van der Waals surface area contributed by atoms with E-state index in [-0.39, 0.29) is 0 Å². The van der Waals surface area contributed by atoms with Crippen molar-refractivity contribution < 1.29 is 4.42 Å². The Hall–Kier alpha value is -2.58. The van der Waals surface area contributed by atoms with Gasteiger partial charge >= 0.3 is 0 Å². The van der Waals surface area contributed by atoms with Crippen molar-refractivity contribution in [1.29, 1.82) is 0 Å². The third-order valence-corrected chi connectivity index (χ3v) is 6.31. The average Bonchev–Trinajstić information content (AvgIpc) is 3.47. The molecule has 1 aliphatic rings. The topological polar surface area (TPSA) is 64.9 Å². The molecule has 7 nitrogen and oxygen atoms in total. The molecule has 0 aliphatic carbocycles. The number of rotatable bonds is 5. The number of nitrogens with zero attached hydrogens (tertiary/aromatic N) is 6. The number of hydrogen-bond acceptors (Lipinski definition) is 6. The summed E-state index contributed by atoms with van der Waals surface area (Å²) in [4.78, 5) is 7.39. The molecule has 4 heterocycles. The Kier molecular flexibility index (Phi) is 4.44. The SMILES string of the molecule is Cn1cnnc1Sc1ccc(CN2CCCC2c2nc3ccccc3n2C)o1. The lowest BCUT2D eigenvalue weighted by molar-refractivity contribution is 0.213. The maximum Gasteiger partial charge on any atom is 0.198 e. The maximum atomic E-state index is 6.06. The molecule has 0 saturated carbocycles. The number of aryl methyl sites for hydroxylation is 2. The highest BCUT2D eigenvalue weighted by Gasteiger charge is 2.30. The minimum Gasteiger partial charge on any atom is -0.453 e. The fourth-order valence-corrected chi connectivity index (χ4v) is 4.67. The quantitative estimate of drug-likeness (QED) is 0.513. The first kappa shape index (κ1) is 17.5. The molecule has 0 amide bonds. The van der Waals surface area contributed by atoms with Crippen LogP contribution in [0.4, 0.5) is 0 Å². The zero-order chi connectivity index (χ0) is 19.1. The first-order chi connectivity index (χ1) is 13.7. The largest absolute Gasteiger partial charge is 0.453 e. The van der Waals surface area contributed by atoms with Gasteiger partial charge in [0.25, 0.3) is 0 Å². The predicted octanol–water partition coefficient (Wildman–Crippen LogP) is 3.78. The normalized spacial score (nSPS) is 17.7. The van der Waals surface area contributed by atoms with Crippen molar-refractivity contribution in [2.75, 3.05) is 6.54 Å². The highest BCUT2D eigenvalue weighted by molar-refractivity contribution is 7.99. The molecule has 1 unspecified atom stereocenters. The summed E-state index contributed by atoms with van der Waals surface area (Å²) in [6.07, 6.45) is 3.99. The summed E-state index contributed by atoms with van der Waals surface area (Å²) in [6, 6.07) is 12.7. The zero-order valence-electron chi connectivity index (χ0n) is 15.9. The molecule has 8 heteroatoms. The van der Waals surface area contributed by atoms with E-state index in [0.717, 1.165) is 46.9 Å². The van der Waals surface area contributed by atoms with Crippen molar-refractivity contribution in [2.24, 2.45) is 14.1 Å². The lowest BCUT2D eigenvalue weighted by Gasteiger charge is -2.23. The number of fused-ring (bicyclic) bond motifs is 1. The number of para-hydroxylation sites is 2. The van der Waals surface area contributed by atoms with Gasteiger partial charge in [0.05, 0.1) is 23.6 Å². The Morgan fingerprint density at radius 3 is 2.89 bits per heavy atom. The minimum atomic E-state index is 0.317. The number of imidazole rings is 1. The molecule has 1 fully saturated rings. The van der Waals surface area contributed by atoms with Gasteiger partial charge in [-0.25, -0.2) is 4.98 Å². The predicted molar refractivity (Wildman–Crippen MR) is 107 cm³/mol. The standard InChI is InChI=1S/C20H22N6OS/c1-24-13-21-23-20(24)28-18-10-9-14(27-18)12-26-11-5-8-17(26)19-22-15-6-3-4-7-16(15)25(19)2/h3-4,6-7,9-10,13,17H,5,8,11-12H2,1-2H3. The average molecular weight is 395 g/mol. The molecule has 1 aliphatic heterocycles. The number of hydrogen-bond donors (Lipinski definition) is 0. The molecule has 1 aromatic carbocycles. The van der Waals surface area contributed by atoms with Crippen LogP contribution in [-0.2, 0) is 20.6 Å². The van der Waals surface area contributed by atoms with Gasteiger partial charge in [-0.1, -0.05) is 12.1 Å². The fraction of sp³-hybridized carbons (Fsp3) is 0.350. The van der Waals surface area contributed by atoms with Crippen LogP contribution in [0.5, 0.6) is 0 Å². The van der Waals surface area contributed by atoms with Gasteiger partial charge in [0.1, 0.15) is 17.9 Å². The molecule has 4 aromatic rings. The van der Waals surface area contributed by atoms with Gasteiger partial charge in [-0.2, -0.15) is 0 Å². The van der Waals surface area contributed by atoms with Crippen LogP contribution in [0.2, 0.25) is 0 Å². The van der Waals surface area contributed by atoms with E-state index in [1.165, 1.54) is 23.7 Å². The highest BCUT2D eigenvalue weighted by Crippen LogP contribution is 2.35. The number of likely N-dealkylation sites (tertiary alicyclic amines) is 1. The van der Waals surface area contributed by atoms with Gasteiger partial charge in [0, 0.05) is 14.1 Å². The molecule has 5 rings (SSSR count). The van der Waals surface area contributed by atoms with Gasteiger partial charge in [0.15, 0.2) is 10.2 Å². The second-order valence-corrected chi connectivity index (χ2v) is 8.17. The van der Waals surface area contributed by atoms with Crippen molar-refractivity contribution in [3.63, 3.8) is 0 Å². The summed E-state index contributed by atoms with van der Waals surface area (Å²) in [6.45, 7) is 1.84. The number of aromatic nitrogens is 5. The molecule has 3 aromatic heterocycles. The molecule has 0 spiro atoms. The lowest BCUT2D eigenvalue weighted by atomic mass is 10.2. The van der Waals surface area contributed by atoms with E-state index < -0.39 is 0 Å². The molecule has 144 valence electrons. The summed E-state index contributed by atoms with van der Waals surface area (Å²) in [5.74, 6) is 2.11. The van der Waals surface area contributed by atoms with E-state index in [1.807, 2.05) is 23.7 Å². The highest BCUT2D eigenvalue weighted by atomic mass is 32.2. The first-order valence-corrected chi connectivity index (χ1v) is 10.3. The Bertz CT molecular complexity index is 1110. The zero-order valence-corrected chi connectivity index (χ0v) is 16.8. The smallest absolute Gasteiger partial charge is 0.198 e. The van der Waals surface area contributed by atoms with Crippen LogP contribution < -0.4 is 0 Å². The van der Waals surface area contributed by atoms with Crippen LogP contribution >= 0.6 is 11.8 Å². The Morgan fingerprint density at radius 1 is 1.18 bits per heavy atom. The molecular formula is C20H22N6OS. The van der Waals surface area contributed by atoms with E-state index in [1.54, 1.807) is 6.33 Å². The molecular weight excluding hydrogens is 372 g/mol. The fourth-order valence-electron chi connectivity index (χ4n) is 3.92. The molecule has 0 bridgehead atoms. The van der Waals surface area contributed by atoms with Crippen LogP contribution in [0, 0.1) is 0 Å². The Morgan fingerprint density at radius 2 is 2.07 bits per heavy atom. The summed E-state index contributed by atoms with van der Waals surface area (Å²) >= 11 is 1.49. The van der Waals surface area contributed by atoms with Crippen molar-refractivity contribution >= 4 is 22.8 Å². The van der Waals surface area contributed by atoms with Crippen LogP contribution in [0.3, 0.4) is 0 Å². The van der Waals surface area contributed by atoms with Crippen LogP contribution in [0.25, 0.3) is 11.0 Å². The van der Waals surface area contributed by atoms with Crippen molar-refractivity contribution in [3.8, 4) is 0 Å². The lowest BCUT2D eigenvalue weighted by Crippen LogP contribution is -2.24. The summed E-state index contributed by atoms with van der Waals surface area (Å²) in [5, 5.41) is 9.67. The van der Waals surface area contributed by atoms with Crippen LogP contribution in [0.1, 0.15) is 30.5 Å². The van der Waals surface area contributed by atoms with Gasteiger partial charge < -0.3 is 13.6 Å². The molecule has 0 radical (unpaired) electrons. The van der Waals surface area contributed by atoms with E-state index >= 15 is 0 Å². The summed E-state index contributed by atoms with van der Waals surface area (Å²) in [5.41, 5.74) is 2.25. The second-order valence-electron chi connectivity index (χ2n) is 7.19. The van der Waals surface area contributed by atoms with Gasteiger partial charge in [-0.15, -0.1) is 10.2 Å². The van der Waals surface area contributed by atoms with Crippen molar-refractivity contribution in [3.05, 3.63) is 54.3 Å². The van der Waals surface area contributed by atoms with Crippen molar-refractivity contribution in [1.82, 2.24) is 29.2 Å². The first-order valence-electron chi connectivity index (χ1n) is 9.45. The van der Waals surface area contributed by atoms with Gasteiger partial charge in [-0.05, 0) is 55.4 Å². The third-order valence-electron chi connectivity index (χ3n) is 5.34. The molecule has 28 heavy (non-hydrogen) atoms. The van der Waals surface area contributed by atoms with Crippen molar-refractivity contribution in [2.45, 2.75) is 35.7 Å². The van der Waals surface area contributed by atoms with E-state index in [0.29, 0.717) is 6.04 Å². The summed E-state index contributed by atoms with van der Waals surface area (Å²) < 4.78 is 10.2. The molecule has 0 N–H and O–H groups in total. The van der Waals surface area contributed by atoms with E-state index in [4.69, 9.17) is 9.40 Å². The second kappa shape index (κ2) is 7.10. The minimum absolute atomic E-state index is 0.317. The van der Waals surface area contributed by atoms with Crippen LogP contribution in [-0.4, -0.2) is 35.8 Å². The van der Waals surface area contributed by atoms with E-state index in [9.17, 15) is 0 Å². The molecule has 1 saturated heterocycles. The summed E-state index contributed by atoms with van der Waals surface area (Å²) in [7, 11) is 4.04. The Labute approximate surface area is 167 Å². The number of benzene rings is 1. The maximum absolute atomic E-state index is 6.06. The monoisotopic (exact) mass is 394 g/mol. The number of furan rings is 1. The van der Waals surface area contributed by atoms with Gasteiger partial charge in [-0.3, -0.25) is 4.90 Å². The van der Waals surface area contributed by atoms with Crippen LogP contribution in [0.15, 0.2) is 57.4 Å². The molecule has 1 atom stereocenters. The van der Waals surface area contributed by atoms with E-state index in [2.05, 4.69) is 51.0 Å². The Balaban J connectivity index is 1.35. The van der Waals surface area contributed by atoms with Gasteiger partial charge in [0.2, 0.25) is 0 Å².